The van der Waals surface area contributed by atoms with Gasteiger partial charge in [-0.05, 0) is 30.2 Å². The summed E-state index contributed by atoms with van der Waals surface area (Å²) < 4.78 is 5.65. The van der Waals surface area contributed by atoms with E-state index in [0.29, 0.717) is 5.69 Å². The molecular formula is C20H18N2O5. The molecule has 7 heteroatoms. The van der Waals surface area contributed by atoms with Crippen molar-refractivity contribution in [2.24, 2.45) is 0 Å². The average molecular weight is 366 g/mol. The molecule has 138 valence electrons. The summed E-state index contributed by atoms with van der Waals surface area (Å²) in [6.07, 6.45) is -0.482. The van der Waals surface area contributed by atoms with Crippen molar-refractivity contribution in [2.45, 2.75) is 32.0 Å². The van der Waals surface area contributed by atoms with Crippen LogP contribution < -0.4 is 10.1 Å². The minimum atomic E-state index is -1.05. The molecule has 2 heterocycles. The standard InChI is InChI=1S/C20H18N2O5/c1-11-18(23)21-15-8-4-7-14(17(15)27-11)19(24)22-10-13-6-3-2-5-12(13)9-16(22)20(25)26/h2-8,11,16H,9-10H2,1H3,(H,21,23)(H,25,26). The third-order valence-corrected chi connectivity index (χ3v) is 4.96. The van der Waals surface area contributed by atoms with Crippen LogP contribution in [-0.4, -0.2) is 39.9 Å². The van der Waals surface area contributed by atoms with Crippen molar-refractivity contribution in [3.8, 4) is 5.75 Å². The number of anilines is 1. The fourth-order valence-corrected chi connectivity index (χ4v) is 3.51. The zero-order chi connectivity index (χ0) is 19.1. The van der Waals surface area contributed by atoms with Crippen molar-refractivity contribution in [3.63, 3.8) is 0 Å². The van der Waals surface area contributed by atoms with E-state index in [1.165, 1.54) is 4.90 Å². The molecule has 0 bridgehead atoms. The van der Waals surface area contributed by atoms with Gasteiger partial charge in [-0.3, -0.25) is 9.59 Å². The van der Waals surface area contributed by atoms with Crippen LogP contribution in [0, 0.1) is 0 Å². The van der Waals surface area contributed by atoms with Crippen LogP contribution >= 0.6 is 0 Å². The molecule has 2 atom stereocenters. The second-order valence-electron chi connectivity index (χ2n) is 6.69. The number of benzene rings is 2. The van der Waals surface area contributed by atoms with Crippen molar-refractivity contribution in [1.82, 2.24) is 4.90 Å². The summed E-state index contributed by atoms with van der Waals surface area (Å²) in [6.45, 7) is 1.80. The molecule has 2 unspecified atom stereocenters. The summed E-state index contributed by atoms with van der Waals surface area (Å²) in [5.74, 6) is -1.50. The van der Waals surface area contributed by atoms with Crippen LogP contribution in [0.5, 0.6) is 5.75 Å². The lowest BCUT2D eigenvalue weighted by Gasteiger charge is -2.35. The molecule has 2 N–H and O–H groups in total. The Morgan fingerprint density at radius 2 is 1.89 bits per heavy atom. The number of rotatable bonds is 2. The Hall–Kier alpha value is -3.35. The molecule has 2 amide bonds. The minimum absolute atomic E-state index is 0.206. The molecule has 2 aromatic carbocycles. The van der Waals surface area contributed by atoms with Gasteiger partial charge < -0.3 is 20.1 Å². The number of hydrogen-bond donors (Lipinski definition) is 2. The van der Waals surface area contributed by atoms with E-state index in [0.717, 1.165) is 11.1 Å². The molecule has 2 aliphatic rings. The first kappa shape index (κ1) is 17.1. The molecule has 0 aliphatic carbocycles. The highest BCUT2D eigenvalue weighted by Crippen LogP contribution is 2.35. The lowest BCUT2D eigenvalue weighted by molar-refractivity contribution is -0.142. The van der Waals surface area contributed by atoms with Gasteiger partial charge in [-0.2, -0.15) is 0 Å². The van der Waals surface area contributed by atoms with E-state index in [4.69, 9.17) is 4.74 Å². The fourth-order valence-electron chi connectivity index (χ4n) is 3.51. The first-order chi connectivity index (χ1) is 13.0. The van der Waals surface area contributed by atoms with Crippen LogP contribution in [-0.2, 0) is 22.6 Å². The van der Waals surface area contributed by atoms with Crippen LogP contribution in [0.15, 0.2) is 42.5 Å². The summed E-state index contributed by atoms with van der Waals surface area (Å²) in [5, 5.41) is 12.4. The van der Waals surface area contributed by atoms with E-state index >= 15 is 0 Å². The fraction of sp³-hybridized carbons (Fsp3) is 0.250. The molecule has 0 radical (unpaired) electrons. The number of nitrogens with zero attached hydrogens (tertiary/aromatic N) is 1. The number of carbonyl (C=O) groups is 3. The van der Waals surface area contributed by atoms with Gasteiger partial charge in [0.25, 0.3) is 11.8 Å². The smallest absolute Gasteiger partial charge is 0.326 e. The maximum absolute atomic E-state index is 13.3. The van der Waals surface area contributed by atoms with Gasteiger partial charge in [0.05, 0.1) is 11.3 Å². The maximum atomic E-state index is 13.3. The van der Waals surface area contributed by atoms with Crippen LogP contribution in [0.25, 0.3) is 0 Å². The first-order valence-electron chi connectivity index (χ1n) is 8.67. The molecule has 0 aromatic heterocycles. The highest BCUT2D eigenvalue weighted by atomic mass is 16.5. The molecule has 0 fully saturated rings. The van der Waals surface area contributed by atoms with Crippen LogP contribution in [0.1, 0.15) is 28.4 Å². The third kappa shape index (κ3) is 2.91. The number of amides is 2. The molecule has 4 rings (SSSR count). The van der Waals surface area contributed by atoms with Crippen molar-refractivity contribution in [1.29, 1.82) is 0 Å². The van der Waals surface area contributed by atoms with Gasteiger partial charge in [0.15, 0.2) is 11.9 Å². The van der Waals surface area contributed by atoms with Gasteiger partial charge in [0.2, 0.25) is 0 Å². The highest BCUT2D eigenvalue weighted by Gasteiger charge is 2.37. The predicted octanol–water partition coefficient (Wildman–Crippen LogP) is 2.06. The number of hydrogen-bond acceptors (Lipinski definition) is 4. The number of ether oxygens (including phenoxy) is 1. The Kier molecular flexibility index (Phi) is 4.07. The monoisotopic (exact) mass is 366 g/mol. The Balaban J connectivity index is 1.73. The molecule has 0 saturated carbocycles. The highest BCUT2D eigenvalue weighted by molar-refractivity contribution is 6.04. The Labute approximate surface area is 155 Å². The van der Waals surface area contributed by atoms with E-state index in [1.54, 1.807) is 25.1 Å². The van der Waals surface area contributed by atoms with E-state index in [-0.39, 0.29) is 30.2 Å². The van der Waals surface area contributed by atoms with Crippen LogP contribution in [0.4, 0.5) is 5.69 Å². The van der Waals surface area contributed by atoms with Crippen molar-refractivity contribution >= 4 is 23.5 Å². The number of fused-ring (bicyclic) bond motifs is 2. The van der Waals surface area contributed by atoms with Gasteiger partial charge in [0.1, 0.15) is 6.04 Å². The van der Waals surface area contributed by atoms with Crippen molar-refractivity contribution in [2.75, 3.05) is 5.32 Å². The summed E-state index contributed by atoms with van der Waals surface area (Å²) in [6, 6.07) is 11.4. The normalized spacial score (nSPS) is 20.8. The Morgan fingerprint density at radius 1 is 1.15 bits per heavy atom. The summed E-state index contributed by atoms with van der Waals surface area (Å²) in [7, 11) is 0. The van der Waals surface area contributed by atoms with E-state index in [1.807, 2.05) is 24.3 Å². The molecule has 2 aromatic rings. The second kappa shape index (κ2) is 6.42. The Bertz CT molecular complexity index is 955. The maximum Gasteiger partial charge on any atom is 0.326 e. The van der Waals surface area contributed by atoms with Gasteiger partial charge >= 0.3 is 5.97 Å². The number of nitrogens with one attached hydrogen (secondary N) is 1. The molecule has 0 spiro atoms. The zero-order valence-corrected chi connectivity index (χ0v) is 14.6. The largest absolute Gasteiger partial charge is 0.480 e. The second-order valence-corrected chi connectivity index (χ2v) is 6.69. The summed E-state index contributed by atoms with van der Waals surface area (Å²) >= 11 is 0. The van der Waals surface area contributed by atoms with Crippen LogP contribution in [0.2, 0.25) is 0 Å². The summed E-state index contributed by atoms with van der Waals surface area (Å²) in [5.41, 5.74) is 2.51. The predicted molar refractivity (Wildman–Crippen MR) is 96.6 cm³/mol. The molecule has 2 aliphatic heterocycles. The zero-order valence-electron chi connectivity index (χ0n) is 14.6. The topological polar surface area (TPSA) is 95.9 Å². The minimum Gasteiger partial charge on any atom is -0.480 e. The van der Waals surface area contributed by atoms with Gasteiger partial charge in [-0.25, -0.2) is 4.79 Å². The third-order valence-electron chi connectivity index (χ3n) is 4.96. The van der Waals surface area contributed by atoms with Gasteiger partial charge in [-0.1, -0.05) is 30.3 Å². The molecule has 7 nitrogen and oxygen atoms in total. The number of para-hydroxylation sites is 1. The van der Waals surface area contributed by atoms with Crippen molar-refractivity contribution < 1.29 is 24.2 Å². The molecule has 27 heavy (non-hydrogen) atoms. The van der Waals surface area contributed by atoms with Crippen molar-refractivity contribution in [3.05, 3.63) is 59.2 Å². The first-order valence-corrected chi connectivity index (χ1v) is 8.67. The van der Waals surface area contributed by atoms with Gasteiger partial charge in [-0.15, -0.1) is 0 Å². The van der Waals surface area contributed by atoms with E-state index in [9.17, 15) is 19.5 Å². The SMILES string of the molecule is CC1Oc2c(cccc2C(=O)N2Cc3ccccc3CC2C(=O)O)NC1=O. The van der Waals surface area contributed by atoms with Gasteiger partial charge in [0, 0.05) is 13.0 Å². The Morgan fingerprint density at radius 3 is 2.63 bits per heavy atom. The number of carboxylic acids is 1. The average Bonchev–Trinajstić information content (AvgIpc) is 2.67. The number of aliphatic carboxylic acids is 1. The number of carbonyl (C=O) groups excluding carboxylic acids is 2. The summed E-state index contributed by atoms with van der Waals surface area (Å²) in [4.78, 5) is 38.2. The molecule has 0 saturated heterocycles. The van der Waals surface area contributed by atoms with Crippen LogP contribution in [0.3, 0.4) is 0 Å². The molecular weight excluding hydrogens is 348 g/mol. The number of carboxylic acid groups (broad SMARTS) is 1. The lowest BCUT2D eigenvalue weighted by atomic mass is 9.93. The lowest BCUT2D eigenvalue weighted by Crippen LogP contribution is -2.49. The van der Waals surface area contributed by atoms with E-state index < -0.39 is 24.0 Å². The van der Waals surface area contributed by atoms with E-state index in [2.05, 4.69) is 5.32 Å². The quantitative estimate of drug-likeness (QED) is 0.848.